The van der Waals surface area contributed by atoms with Gasteiger partial charge < -0.3 is 4.52 Å². The molecule has 2 aromatic rings. The van der Waals surface area contributed by atoms with Gasteiger partial charge in [-0.1, -0.05) is 10.4 Å². The van der Waals surface area contributed by atoms with Crippen molar-refractivity contribution in [2.75, 3.05) is 6.54 Å². The molecule has 0 amide bonds. The molecule has 0 radical (unpaired) electrons. The Hall–Kier alpha value is -1.33. The molecule has 2 heterocycles. The van der Waals surface area contributed by atoms with E-state index in [4.69, 9.17) is 0 Å². The molecule has 0 bridgehead atoms. The van der Waals surface area contributed by atoms with Crippen molar-refractivity contribution < 1.29 is 12.9 Å². The van der Waals surface area contributed by atoms with Crippen molar-refractivity contribution >= 4 is 26.0 Å². The van der Waals surface area contributed by atoms with Crippen LogP contribution in [0.4, 0.5) is 0 Å². The summed E-state index contributed by atoms with van der Waals surface area (Å²) in [5.74, 6) is 0.430. The number of nitrogens with zero attached hydrogens (tertiary/aromatic N) is 5. The Kier molecular flexibility index (Phi) is 3.73. The summed E-state index contributed by atoms with van der Waals surface area (Å²) in [5.41, 5.74) is 0. The number of aryl methyl sites for hydroxylation is 1. The first-order valence-electron chi connectivity index (χ1n) is 4.81. The lowest BCUT2D eigenvalue weighted by Gasteiger charge is -2.05. The highest BCUT2D eigenvalue weighted by atomic mass is 79.9. The molecule has 0 fully saturated rings. The fourth-order valence-electron chi connectivity index (χ4n) is 1.28. The van der Waals surface area contributed by atoms with Crippen molar-refractivity contribution in [2.45, 2.75) is 11.4 Å². The van der Waals surface area contributed by atoms with Crippen LogP contribution in [0.1, 0.15) is 5.82 Å². The molecular weight excluding hydrogens is 328 g/mol. The molecule has 0 aromatic carbocycles. The number of sulfonamides is 1. The summed E-state index contributed by atoms with van der Waals surface area (Å²) < 4.78 is 32.2. The minimum absolute atomic E-state index is 0.0318. The SMILES string of the molecule is Cn1nnc(Br)c1S(=O)(=O)NCCc1ncon1. The highest BCUT2D eigenvalue weighted by Gasteiger charge is 2.23. The molecule has 11 heteroatoms. The van der Waals surface area contributed by atoms with E-state index < -0.39 is 10.0 Å². The van der Waals surface area contributed by atoms with Crippen LogP contribution in [0.3, 0.4) is 0 Å². The Balaban J connectivity index is 2.04. The molecule has 2 rings (SSSR count). The number of nitrogens with one attached hydrogen (secondary N) is 1. The quantitative estimate of drug-likeness (QED) is 0.780. The molecule has 1 N–H and O–H groups in total. The van der Waals surface area contributed by atoms with Crippen LogP contribution in [-0.2, 0) is 23.5 Å². The van der Waals surface area contributed by atoms with Crippen LogP contribution in [0, 0.1) is 0 Å². The van der Waals surface area contributed by atoms with Gasteiger partial charge in [0.05, 0.1) is 0 Å². The molecule has 0 saturated carbocycles. The third-order valence-electron chi connectivity index (χ3n) is 2.04. The van der Waals surface area contributed by atoms with Gasteiger partial charge in [0.2, 0.25) is 11.4 Å². The van der Waals surface area contributed by atoms with E-state index in [0.29, 0.717) is 12.2 Å². The maximum absolute atomic E-state index is 12.0. The molecule has 0 unspecified atom stereocenters. The van der Waals surface area contributed by atoms with Crippen molar-refractivity contribution in [2.24, 2.45) is 7.05 Å². The molecule has 18 heavy (non-hydrogen) atoms. The molecule has 0 aliphatic carbocycles. The largest absolute Gasteiger partial charge is 0.343 e. The van der Waals surface area contributed by atoms with Crippen molar-refractivity contribution in [3.8, 4) is 0 Å². The zero-order valence-corrected chi connectivity index (χ0v) is 11.6. The summed E-state index contributed by atoms with van der Waals surface area (Å²) >= 11 is 3.03. The molecule has 98 valence electrons. The minimum Gasteiger partial charge on any atom is -0.343 e. The summed E-state index contributed by atoms with van der Waals surface area (Å²) in [6, 6.07) is 0. The Labute approximate surface area is 111 Å². The molecule has 9 nitrogen and oxygen atoms in total. The second-order valence-electron chi connectivity index (χ2n) is 3.30. The van der Waals surface area contributed by atoms with Crippen LogP contribution >= 0.6 is 15.9 Å². The van der Waals surface area contributed by atoms with Gasteiger partial charge in [0, 0.05) is 20.0 Å². The average Bonchev–Trinajstić information content (AvgIpc) is 2.89. The fraction of sp³-hybridized carbons (Fsp3) is 0.429. The summed E-state index contributed by atoms with van der Waals surface area (Å²) in [6.45, 7) is 0.152. The van der Waals surface area contributed by atoms with Gasteiger partial charge in [-0.3, -0.25) is 0 Å². The van der Waals surface area contributed by atoms with E-state index in [9.17, 15) is 8.42 Å². The van der Waals surface area contributed by atoms with E-state index in [1.54, 1.807) is 0 Å². The predicted molar refractivity (Wildman–Crippen MR) is 61.9 cm³/mol. The topological polar surface area (TPSA) is 116 Å². The van der Waals surface area contributed by atoms with Gasteiger partial charge in [-0.2, -0.15) is 4.98 Å². The van der Waals surface area contributed by atoms with Gasteiger partial charge in [-0.15, -0.1) is 5.10 Å². The number of rotatable bonds is 5. The molecule has 0 atom stereocenters. The maximum atomic E-state index is 12.0. The Bertz CT molecular complexity index is 602. The van der Waals surface area contributed by atoms with Crippen molar-refractivity contribution in [1.29, 1.82) is 0 Å². The summed E-state index contributed by atoms with van der Waals surface area (Å²) in [4.78, 5) is 3.78. The third kappa shape index (κ3) is 2.73. The lowest BCUT2D eigenvalue weighted by Crippen LogP contribution is -2.28. The molecule has 0 spiro atoms. The Morgan fingerprint density at radius 1 is 1.56 bits per heavy atom. The number of aromatic nitrogens is 5. The maximum Gasteiger partial charge on any atom is 0.260 e. The van der Waals surface area contributed by atoms with E-state index in [1.165, 1.54) is 18.1 Å². The summed E-state index contributed by atoms with van der Waals surface area (Å²) in [7, 11) is -2.19. The first kappa shape index (κ1) is 13.1. The monoisotopic (exact) mass is 336 g/mol. The van der Waals surface area contributed by atoms with Gasteiger partial charge in [-0.25, -0.2) is 17.8 Å². The van der Waals surface area contributed by atoms with Gasteiger partial charge in [0.15, 0.2) is 10.4 Å². The van der Waals surface area contributed by atoms with E-state index in [2.05, 4.69) is 45.6 Å². The van der Waals surface area contributed by atoms with Crippen LogP contribution in [0.15, 0.2) is 20.5 Å². The van der Waals surface area contributed by atoms with Gasteiger partial charge >= 0.3 is 0 Å². The van der Waals surface area contributed by atoms with Crippen LogP contribution in [0.2, 0.25) is 0 Å². The lowest BCUT2D eigenvalue weighted by molar-refractivity contribution is 0.409. The van der Waals surface area contributed by atoms with Crippen LogP contribution in [-0.4, -0.2) is 40.1 Å². The molecule has 0 aliphatic heterocycles. The summed E-state index contributed by atoms with van der Waals surface area (Å²) in [5, 5.41) is 10.8. The van der Waals surface area contributed by atoms with Crippen LogP contribution in [0.25, 0.3) is 0 Å². The molecule has 0 saturated heterocycles. The number of hydrogen-bond acceptors (Lipinski definition) is 7. The smallest absolute Gasteiger partial charge is 0.260 e. The lowest BCUT2D eigenvalue weighted by atomic mass is 10.4. The highest BCUT2D eigenvalue weighted by molar-refractivity contribution is 9.10. The van der Waals surface area contributed by atoms with E-state index in [1.807, 2.05) is 0 Å². The molecule has 0 aliphatic rings. The number of hydrogen-bond donors (Lipinski definition) is 1. The summed E-state index contributed by atoms with van der Waals surface area (Å²) in [6.07, 6.45) is 1.52. The standard InChI is InChI=1S/C7H9BrN6O3S/c1-14-7(6(8)11-13-14)18(15,16)10-3-2-5-9-4-17-12-5/h4,10H,2-3H2,1H3. The van der Waals surface area contributed by atoms with E-state index in [0.717, 1.165) is 0 Å². The minimum atomic E-state index is -3.68. The second-order valence-corrected chi connectivity index (χ2v) is 5.74. The van der Waals surface area contributed by atoms with Crippen molar-refractivity contribution in [1.82, 2.24) is 29.9 Å². The third-order valence-corrected chi connectivity index (χ3v) is 4.39. The first-order chi connectivity index (χ1) is 8.50. The fourth-order valence-corrected chi connectivity index (χ4v) is 3.40. The van der Waals surface area contributed by atoms with Crippen LogP contribution < -0.4 is 4.72 Å². The number of halogens is 1. The Morgan fingerprint density at radius 2 is 2.33 bits per heavy atom. The van der Waals surface area contributed by atoms with Crippen molar-refractivity contribution in [3.05, 3.63) is 16.8 Å². The average molecular weight is 337 g/mol. The molecular formula is C7H9BrN6O3S. The van der Waals surface area contributed by atoms with E-state index in [-0.39, 0.29) is 16.2 Å². The van der Waals surface area contributed by atoms with Crippen molar-refractivity contribution in [3.63, 3.8) is 0 Å². The zero-order valence-electron chi connectivity index (χ0n) is 9.24. The van der Waals surface area contributed by atoms with E-state index >= 15 is 0 Å². The predicted octanol–water partition coefficient (Wildman–Crippen LogP) is -0.518. The normalized spacial score (nSPS) is 11.9. The highest BCUT2D eigenvalue weighted by Crippen LogP contribution is 2.17. The Morgan fingerprint density at radius 3 is 2.89 bits per heavy atom. The zero-order chi connectivity index (χ0) is 13.2. The van der Waals surface area contributed by atoms with Crippen LogP contribution in [0.5, 0.6) is 0 Å². The van der Waals surface area contributed by atoms with Gasteiger partial charge in [0.1, 0.15) is 0 Å². The second kappa shape index (κ2) is 5.12. The molecule has 2 aromatic heterocycles. The van der Waals surface area contributed by atoms with Gasteiger partial charge in [0.25, 0.3) is 10.0 Å². The van der Waals surface area contributed by atoms with Gasteiger partial charge in [-0.05, 0) is 15.9 Å². The first-order valence-corrected chi connectivity index (χ1v) is 7.08.